The van der Waals surface area contributed by atoms with Gasteiger partial charge >= 0.3 is 0 Å². The first-order chi connectivity index (χ1) is 10.0. The van der Waals surface area contributed by atoms with Crippen LogP contribution < -0.4 is 9.64 Å². The first-order valence-electron chi connectivity index (χ1n) is 7.04. The van der Waals surface area contributed by atoms with E-state index in [0.29, 0.717) is 6.42 Å². The van der Waals surface area contributed by atoms with Crippen molar-refractivity contribution in [3.8, 4) is 17.0 Å². The van der Waals surface area contributed by atoms with E-state index in [1.165, 1.54) is 4.88 Å². The van der Waals surface area contributed by atoms with Crippen molar-refractivity contribution in [2.75, 3.05) is 11.9 Å². The third-order valence-electron chi connectivity index (χ3n) is 3.74. The monoisotopic (exact) mass is 302 g/mol. The van der Waals surface area contributed by atoms with Crippen LogP contribution in [-0.2, 0) is 4.79 Å². The molecular weight excluding hydrogens is 284 g/mol. The van der Waals surface area contributed by atoms with E-state index < -0.39 is 0 Å². The van der Waals surface area contributed by atoms with Gasteiger partial charge < -0.3 is 9.64 Å². The number of aromatic nitrogens is 1. The van der Waals surface area contributed by atoms with Crippen molar-refractivity contribution in [1.29, 1.82) is 0 Å². The van der Waals surface area contributed by atoms with Gasteiger partial charge in [-0.05, 0) is 38.5 Å². The molecule has 1 aromatic heterocycles. The number of hydrogen-bond donors (Lipinski definition) is 0. The molecular formula is C16H18N2O2S. The number of ether oxygens (including phenoxy) is 1. The molecule has 1 aliphatic rings. The fraction of sp³-hybridized carbons (Fsp3) is 0.375. The molecule has 1 aliphatic heterocycles. The summed E-state index contributed by atoms with van der Waals surface area (Å²) in [7, 11) is 1.80. The average molecular weight is 302 g/mol. The lowest BCUT2D eigenvalue weighted by Gasteiger charge is -2.31. The van der Waals surface area contributed by atoms with Crippen LogP contribution in [-0.4, -0.2) is 24.0 Å². The Balaban J connectivity index is 2.06. The molecule has 1 atom stereocenters. The van der Waals surface area contributed by atoms with Crippen molar-refractivity contribution in [2.24, 2.45) is 0 Å². The number of nitrogens with zero attached hydrogens (tertiary/aromatic N) is 2. The fourth-order valence-corrected chi connectivity index (χ4v) is 3.46. The SMILES string of the molecule is CCC1Oc2ccc(-c3nc(C)sc3C)cc2N(C)C1=O. The zero-order valence-corrected chi connectivity index (χ0v) is 13.5. The van der Waals surface area contributed by atoms with Crippen LogP contribution in [0.1, 0.15) is 23.2 Å². The number of carbonyl (C=O) groups is 1. The molecule has 1 unspecified atom stereocenters. The Hall–Kier alpha value is -1.88. The minimum absolute atomic E-state index is 0.00771. The molecule has 0 spiro atoms. The van der Waals surface area contributed by atoms with Gasteiger partial charge in [0.15, 0.2) is 6.10 Å². The van der Waals surface area contributed by atoms with E-state index in [9.17, 15) is 4.79 Å². The number of fused-ring (bicyclic) bond motifs is 1. The Morgan fingerprint density at radius 3 is 2.76 bits per heavy atom. The highest BCUT2D eigenvalue weighted by atomic mass is 32.1. The van der Waals surface area contributed by atoms with E-state index >= 15 is 0 Å². The van der Waals surface area contributed by atoms with Crippen molar-refractivity contribution < 1.29 is 9.53 Å². The summed E-state index contributed by atoms with van der Waals surface area (Å²) in [6.45, 7) is 6.03. The van der Waals surface area contributed by atoms with Gasteiger partial charge in [0.25, 0.3) is 5.91 Å². The second-order valence-corrected chi connectivity index (χ2v) is 6.64. The summed E-state index contributed by atoms with van der Waals surface area (Å²) in [5.41, 5.74) is 2.82. The summed E-state index contributed by atoms with van der Waals surface area (Å²) in [5.74, 6) is 0.769. The quantitative estimate of drug-likeness (QED) is 0.852. The molecule has 5 heteroatoms. The van der Waals surface area contributed by atoms with Crippen LogP contribution in [0.25, 0.3) is 11.3 Å². The number of anilines is 1. The van der Waals surface area contributed by atoms with Crippen LogP contribution in [0.15, 0.2) is 18.2 Å². The van der Waals surface area contributed by atoms with Crippen molar-refractivity contribution in [3.05, 3.63) is 28.1 Å². The Kier molecular flexibility index (Phi) is 3.45. The van der Waals surface area contributed by atoms with Crippen molar-refractivity contribution in [3.63, 3.8) is 0 Å². The molecule has 0 bridgehead atoms. The van der Waals surface area contributed by atoms with Gasteiger partial charge in [-0.3, -0.25) is 4.79 Å². The van der Waals surface area contributed by atoms with Gasteiger partial charge in [-0.15, -0.1) is 11.3 Å². The molecule has 0 fully saturated rings. The van der Waals surface area contributed by atoms with E-state index in [0.717, 1.165) is 27.7 Å². The molecule has 0 aliphatic carbocycles. The van der Waals surface area contributed by atoms with Gasteiger partial charge in [-0.1, -0.05) is 6.92 Å². The molecule has 110 valence electrons. The third kappa shape index (κ3) is 2.31. The van der Waals surface area contributed by atoms with Crippen LogP contribution in [0.5, 0.6) is 5.75 Å². The van der Waals surface area contributed by atoms with Gasteiger partial charge in [0.1, 0.15) is 5.75 Å². The number of amides is 1. The fourth-order valence-electron chi connectivity index (χ4n) is 2.62. The van der Waals surface area contributed by atoms with Gasteiger partial charge in [0.2, 0.25) is 0 Å². The molecule has 2 heterocycles. The lowest BCUT2D eigenvalue weighted by atomic mass is 10.1. The number of hydrogen-bond acceptors (Lipinski definition) is 4. The number of rotatable bonds is 2. The van der Waals surface area contributed by atoms with E-state index in [2.05, 4.69) is 11.9 Å². The molecule has 0 N–H and O–H groups in total. The maximum Gasteiger partial charge on any atom is 0.267 e. The van der Waals surface area contributed by atoms with E-state index in [1.807, 2.05) is 32.0 Å². The molecule has 0 saturated carbocycles. The van der Waals surface area contributed by atoms with Gasteiger partial charge in [0, 0.05) is 17.5 Å². The predicted molar refractivity (Wildman–Crippen MR) is 85.1 cm³/mol. The number of benzene rings is 1. The predicted octanol–water partition coefficient (Wildman–Crippen LogP) is 3.56. The molecule has 21 heavy (non-hydrogen) atoms. The second-order valence-electron chi connectivity index (χ2n) is 5.23. The van der Waals surface area contributed by atoms with Crippen LogP contribution in [0.2, 0.25) is 0 Å². The second kappa shape index (κ2) is 5.15. The minimum atomic E-state index is -0.378. The Bertz CT molecular complexity index is 708. The first kappa shape index (κ1) is 14.1. The standard InChI is InChI=1S/C16H18N2O2S/c1-5-13-16(19)18(4)12-8-11(6-7-14(12)20-13)15-9(2)21-10(3)17-15/h6-8,13H,5H2,1-4H3. The largest absolute Gasteiger partial charge is 0.478 e. The molecule has 4 nitrogen and oxygen atoms in total. The maximum atomic E-state index is 12.2. The van der Waals surface area contributed by atoms with Gasteiger partial charge in [0.05, 0.1) is 16.4 Å². The molecule has 3 rings (SSSR count). The van der Waals surface area contributed by atoms with Crippen molar-refractivity contribution in [2.45, 2.75) is 33.3 Å². The lowest BCUT2D eigenvalue weighted by Crippen LogP contribution is -2.43. The molecule has 0 saturated heterocycles. The highest BCUT2D eigenvalue weighted by Gasteiger charge is 2.31. The molecule has 1 amide bonds. The van der Waals surface area contributed by atoms with Crippen molar-refractivity contribution in [1.82, 2.24) is 4.98 Å². The van der Waals surface area contributed by atoms with E-state index in [-0.39, 0.29) is 12.0 Å². The number of thiazole rings is 1. The van der Waals surface area contributed by atoms with Crippen LogP contribution in [0.3, 0.4) is 0 Å². The summed E-state index contributed by atoms with van der Waals surface area (Å²) in [6, 6.07) is 5.93. The highest BCUT2D eigenvalue weighted by Crippen LogP contribution is 2.38. The zero-order chi connectivity index (χ0) is 15.1. The molecule has 1 aromatic carbocycles. The number of carbonyl (C=O) groups excluding carboxylic acids is 1. The molecule has 0 radical (unpaired) electrons. The van der Waals surface area contributed by atoms with E-state index in [1.54, 1.807) is 23.3 Å². The van der Waals surface area contributed by atoms with E-state index in [4.69, 9.17) is 4.74 Å². The third-order valence-corrected chi connectivity index (χ3v) is 4.63. The summed E-state index contributed by atoms with van der Waals surface area (Å²) in [4.78, 5) is 19.7. The maximum absolute atomic E-state index is 12.2. The normalized spacial score (nSPS) is 17.6. The number of aryl methyl sites for hydroxylation is 2. The zero-order valence-electron chi connectivity index (χ0n) is 12.6. The average Bonchev–Trinajstić information content (AvgIpc) is 2.81. The minimum Gasteiger partial charge on any atom is -0.478 e. The Morgan fingerprint density at radius 1 is 1.38 bits per heavy atom. The van der Waals surface area contributed by atoms with Crippen LogP contribution in [0, 0.1) is 13.8 Å². The van der Waals surface area contributed by atoms with Gasteiger partial charge in [-0.25, -0.2) is 4.98 Å². The summed E-state index contributed by atoms with van der Waals surface area (Å²) in [6.07, 6.45) is 0.297. The van der Waals surface area contributed by atoms with Crippen molar-refractivity contribution >= 4 is 22.9 Å². The summed E-state index contributed by atoms with van der Waals surface area (Å²) >= 11 is 1.68. The van der Waals surface area contributed by atoms with Crippen LogP contribution >= 0.6 is 11.3 Å². The lowest BCUT2D eigenvalue weighted by molar-refractivity contribution is -0.126. The first-order valence-corrected chi connectivity index (χ1v) is 7.85. The highest BCUT2D eigenvalue weighted by molar-refractivity contribution is 7.11. The smallest absolute Gasteiger partial charge is 0.267 e. The summed E-state index contributed by atoms with van der Waals surface area (Å²) < 4.78 is 5.78. The Morgan fingerprint density at radius 2 is 2.14 bits per heavy atom. The molecule has 2 aromatic rings. The summed E-state index contributed by atoms with van der Waals surface area (Å²) in [5, 5.41) is 1.05. The number of likely N-dealkylation sites (N-methyl/N-ethyl adjacent to an activating group) is 1. The topological polar surface area (TPSA) is 42.4 Å². The van der Waals surface area contributed by atoms with Crippen LogP contribution in [0.4, 0.5) is 5.69 Å². The van der Waals surface area contributed by atoms with Gasteiger partial charge in [-0.2, -0.15) is 0 Å². The Labute approximate surface area is 128 Å².